The van der Waals surface area contributed by atoms with Crippen LogP contribution >= 0.6 is 11.6 Å². The zero-order valence-electron chi connectivity index (χ0n) is 12.0. The van der Waals surface area contributed by atoms with Crippen LogP contribution in [-0.4, -0.2) is 5.78 Å². The highest BCUT2D eigenvalue weighted by atomic mass is 35.5. The zero-order valence-corrected chi connectivity index (χ0v) is 12.7. The van der Waals surface area contributed by atoms with E-state index in [0.717, 1.165) is 27.5 Å². The molecule has 0 aliphatic heterocycles. The molecule has 0 atom stereocenters. The molecule has 21 heavy (non-hydrogen) atoms. The summed E-state index contributed by atoms with van der Waals surface area (Å²) in [6.45, 7) is 4.01. The van der Waals surface area contributed by atoms with E-state index in [4.69, 9.17) is 11.6 Å². The van der Waals surface area contributed by atoms with E-state index in [1.807, 2.05) is 56.3 Å². The molecule has 0 bridgehead atoms. The van der Waals surface area contributed by atoms with Gasteiger partial charge >= 0.3 is 0 Å². The van der Waals surface area contributed by atoms with Crippen LogP contribution in [0.3, 0.4) is 0 Å². The molecule has 0 aromatic heterocycles. The van der Waals surface area contributed by atoms with E-state index < -0.39 is 0 Å². The summed E-state index contributed by atoms with van der Waals surface area (Å²) in [5.74, 6) is 0.0367. The number of ketones is 1. The minimum absolute atomic E-state index is 0.0367. The second-order valence-electron chi connectivity index (χ2n) is 5.35. The standard InChI is InChI=1S/C19H15ClO/c1-12-9-13(2)11-14(10-12)19(21)17-7-8-18(20)16-6-4-3-5-15(16)17/h3-11H,1-2H3. The smallest absolute Gasteiger partial charge is 0.193 e. The highest BCUT2D eigenvalue weighted by Gasteiger charge is 2.14. The lowest BCUT2D eigenvalue weighted by Gasteiger charge is -2.09. The molecule has 0 heterocycles. The van der Waals surface area contributed by atoms with E-state index in [-0.39, 0.29) is 5.78 Å². The molecule has 0 spiro atoms. The Morgan fingerprint density at radius 2 is 1.48 bits per heavy atom. The molecule has 0 saturated carbocycles. The first kappa shape index (κ1) is 13.8. The van der Waals surface area contributed by atoms with Gasteiger partial charge in [0, 0.05) is 21.5 Å². The van der Waals surface area contributed by atoms with Crippen molar-refractivity contribution in [2.24, 2.45) is 0 Å². The van der Waals surface area contributed by atoms with Crippen molar-refractivity contribution in [2.75, 3.05) is 0 Å². The molecule has 3 rings (SSSR count). The molecule has 0 amide bonds. The molecule has 2 heteroatoms. The number of halogens is 1. The lowest BCUT2D eigenvalue weighted by atomic mass is 9.95. The van der Waals surface area contributed by atoms with E-state index in [0.29, 0.717) is 10.6 Å². The summed E-state index contributed by atoms with van der Waals surface area (Å²) >= 11 is 6.22. The van der Waals surface area contributed by atoms with Gasteiger partial charge in [-0.15, -0.1) is 0 Å². The highest BCUT2D eigenvalue weighted by Crippen LogP contribution is 2.28. The molecule has 0 saturated heterocycles. The number of fused-ring (bicyclic) bond motifs is 1. The maximum Gasteiger partial charge on any atom is 0.193 e. The van der Waals surface area contributed by atoms with Crippen LogP contribution in [0.2, 0.25) is 5.02 Å². The Balaban J connectivity index is 2.20. The minimum atomic E-state index is 0.0367. The number of benzene rings is 3. The Labute approximate surface area is 129 Å². The second-order valence-corrected chi connectivity index (χ2v) is 5.75. The van der Waals surface area contributed by atoms with Crippen LogP contribution in [-0.2, 0) is 0 Å². The Hall–Kier alpha value is -2.12. The summed E-state index contributed by atoms with van der Waals surface area (Å²) in [4.78, 5) is 12.8. The maximum atomic E-state index is 12.8. The fourth-order valence-electron chi connectivity index (χ4n) is 2.72. The largest absolute Gasteiger partial charge is 0.289 e. The summed E-state index contributed by atoms with van der Waals surface area (Å²) in [7, 11) is 0. The van der Waals surface area contributed by atoms with Crippen LogP contribution in [0, 0.1) is 13.8 Å². The van der Waals surface area contributed by atoms with Crippen LogP contribution in [0.15, 0.2) is 54.6 Å². The van der Waals surface area contributed by atoms with E-state index in [1.165, 1.54) is 0 Å². The number of hydrogen-bond acceptors (Lipinski definition) is 1. The first-order chi connectivity index (χ1) is 10.1. The lowest BCUT2D eigenvalue weighted by molar-refractivity contribution is 0.104. The summed E-state index contributed by atoms with van der Waals surface area (Å²) < 4.78 is 0. The van der Waals surface area contributed by atoms with Crippen LogP contribution in [0.1, 0.15) is 27.0 Å². The van der Waals surface area contributed by atoms with Crippen molar-refractivity contribution >= 4 is 28.2 Å². The molecule has 1 nitrogen and oxygen atoms in total. The Bertz CT molecular complexity index is 829. The highest BCUT2D eigenvalue weighted by molar-refractivity contribution is 6.36. The summed E-state index contributed by atoms with van der Waals surface area (Å²) in [5, 5.41) is 2.48. The van der Waals surface area contributed by atoms with Crippen molar-refractivity contribution in [1.82, 2.24) is 0 Å². The number of rotatable bonds is 2. The van der Waals surface area contributed by atoms with Gasteiger partial charge in [-0.05, 0) is 43.5 Å². The van der Waals surface area contributed by atoms with Crippen LogP contribution < -0.4 is 0 Å². The van der Waals surface area contributed by atoms with Gasteiger partial charge in [0.15, 0.2) is 5.78 Å². The third-order valence-corrected chi connectivity index (χ3v) is 3.93. The van der Waals surface area contributed by atoms with Gasteiger partial charge in [0.2, 0.25) is 0 Å². The molecule has 3 aromatic carbocycles. The van der Waals surface area contributed by atoms with Crippen LogP contribution in [0.4, 0.5) is 0 Å². The van der Waals surface area contributed by atoms with Gasteiger partial charge in [0.05, 0.1) is 0 Å². The molecule has 0 fully saturated rings. The molecule has 104 valence electrons. The molecular weight excluding hydrogens is 280 g/mol. The first-order valence-electron chi connectivity index (χ1n) is 6.86. The number of carbonyl (C=O) groups is 1. The van der Waals surface area contributed by atoms with Crippen molar-refractivity contribution in [3.63, 3.8) is 0 Å². The number of aryl methyl sites for hydroxylation is 2. The van der Waals surface area contributed by atoms with Gasteiger partial charge in [-0.25, -0.2) is 0 Å². The van der Waals surface area contributed by atoms with Crippen LogP contribution in [0.5, 0.6) is 0 Å². The SMILES string of the molecule is Cc1cc(C)cc(C(=O)c2ccc(Cl)c3ccccc23)c1. The third-order valence-electron chi connectivity index (χ3n) is 3.60. The predicted molar refractivity (Wildman–Crippen MR) is 88.3 cm³/mol. The Morgan fingerprint density at radius 3 is 2.14 bits per heavy atom. The van der Waals surface area contributed by atoms with Crippen molar-refractivity contribution < 1.29 is 4.79 Å². The van der Waals surface area contributed by atoms with Gasteiger partial charge in [0.25, 0.3) is 0 Å². The van der Waals surface area contributed by atoms with Crippen molar-refractivity contribution in [2.45, 2.75) is 13.8 Å². The molecule has 0 aliphatic carbocycles. The molecule has 0 aliphatic rings. The van der Waals surface area contributed by atoms with E-state index in [2.05, 4.69) is 6.07 Å². The number of carbonyl (C=O) groups excluding carboxylic acids is 1. The van der Waals surface area contributed by atoms with E-state index >= 15 is 0 Å². The molecule has 0 N–H and O–H groups in total. The number of hydrogen-bond donors (Lipinski definition) is 0. The Morgan fingerprint density at radius 1 is 0.857 bits per heavy atom. The van der Waals surface area contributed by atoms with Crippen molar-refractivity contribution in [1.29, 1.82) is 0 Å². The van der Waals surface area contributed by atoms with E-state index in [1.54, 1.807) is 6.07 Å². The average Bonchev–Trinajstić information content (AvgIpc) is 2.46. The summed E-state index contributed by atoms with van der Waals surface area (Å²) in [5.41, 5.74) is 3.60. The van der Waals surface area contributed by atoms with Crippen molar-refractivity contribution in [3.05, 3.63) is 81.9 Å². The topological polar surface area (TPSA) is 17.1 Å². The van der Waals surface area contributed by atoms with Crippen molar-refractivity contribution in [3.8, 4) is 0 Å². The monoisotopic (exact) mass is 294 g/mol. The lowest BCUT2D eigenvalue weighted by Crippen LogP contribution is -2.03. The minimum Gasteiger partial charge on any atom is -0.289 e. The average molecular weight is 295 g/mol. The summed E-state index contributed by atoms with van der Waals surface area (Å²) in [6.07, 6.45) is 0. The van der Waals surface area contributed by atoms with Gasteiger partial charge < -0.3 is 0 Å². The van der Waals surface area contributed by atoms with E-state index in [9.17, 15) is 4.79 Å². The van der Waals surface area contributed by atoms with Gasteiger partial charge in [0.1, 0.15) is 0 Å². The zero-order chi connectivity index (χ0) is 15.0. The predicted octanol–water partition coefficient (Wildman–Crippen LogP) is 5.34. The van der Waals surface area contributed by atoms with Gasteiger partial charge in [-0.2, -0.15) is 0 Å². The van der Waals surface area contributed by atoms with Gasteiger partial charge in [-0.3, -0.25) is 4.79 Å². The molecular formula is C19H15ClO. The summed E-state index contributed by atoms with van der Waals surface area (Å²) in [6, 6.07) is 17.3. The normalized spacial score (nSPS) is 10.8. The second kappa shape index (κ2) is 5.34. The third kappa shape index (κ3) is 2.57. The fraction of sp³-hybridized carbons (Fsp3) is 0.105. The maximum absolute atomic E-state index is 12.8. The molecule has 0 radical (unpaired) electrons. The fourth-order valence-corrected chi connectivity index (χ4v) is 2.95. The first-order valence-corrected chi connectivity index (χ1v) is 7.24. The molecule has 0 unspecified atom stereocenters. The van der Waals surface area contributed by atoms with Gasteiger partial charge in [-0.1, -0.05) is 53.1 Å². The quantitative estimate of drug-likeness (QED) is 0.583. The molecule has 3 aromatic rings. The Kier molecular flexibility index (Phi) is 3.52. The van der Waals surface area contributed by atoms with Crippen LogP contribution in [0.25, 0.3) is 10.8 Å².